The molecule has 0 radical (unpaired) electrons. The van der Waals surface area contributed by atoms with Gasteiger partial charge in [-0.25, -0.2) is 0 Å². The zero-order valence-electron chi connectivity index (χ0n) is 9.67. The van der Waals surface area contributed by atoms with E-state index in [0.717, 1.165) is 25.6 Å². The van der Waals surface area contributed by atoms with E-state index in [4.69, 9.17) is 17.3 Å². The topological polar surface area (TPSA) is 29.3 Å². The molecule has 1 aromatic rings. The Labute approximate surface area is 109 Å². The molecule has 1 aromatic carbocycles. The molecule has 1 saturated heterocycles. The standard InChI is InChI=1S/C12H14ClF3N2/c13-10-3-2-8(6-9(10)12(14,15)16)11(17)7-18-4-1-5-18/h2-3,6,11H,1,4-5,7,17H2/t11-/m0/s1. The van der Waals surface area contributed by atoms with Crippen molar-refractivity contribution in [2.24, 2.45) is 5.73 Å². The van der Waals surface area contributed by atoms with E-state index in [1.165, 1.54) is 6.07 Å². The first-order chi connectivity index (χ1) is 8.38. The number of halogens is 4. The molecule has 2 N–H and O–H groups in total. The summed E-state index contributed by atoms with van der Waals surface area (Å²) in [6, 6.07) is 3.45. The first-order valence-corrected chi connectivity index (χ1v) is 6.10. The van der Waals surface area contributed by atoms with Crippen LogP contribution >= 0.6 is 11.6 Å². The number of benzene rings is 1. The number of nitrogens with zero attached hydrogens (tertiary/aromatic N) is 1. The van der Waals surface area contributed by atoms with Crippen molar-refractivity contribution in [3.63, 3.8) is 0 Å². The summed E-state index contributed by atoms with van der Waals surface area (Å²) in [5.74, 6) is 0. The van der Waals surface area contributed by atoms with Crippen molar-refractivity contribution in [1.82, 2.24) is 4.90 Å². The first kappa shape index (κ1) is 13.6. The van der Waals surface area contributed by atoms with Gasteiger partial charge in [-0.15, -0.1) is 0 Å². The predicted molar refractivity (Wildman–Crippen MR) is 64.4 cm³/mol. The maximum absolute atomic E-state index is 12.7. The predicted octanol–water partition coefficient (Wildman–Crippen LogP) is 3.06. The van der Waals surface area contributed by atoms with Crippen LogP contribution in [0.1, 0.15) is 23.6 Å². The third-order valence-corrected chi connectivity index (χ3v) is 3.46. The molecule has 1 aliphatic heterocycles. The van der Waals surface area contributed by atoms with E-state index >= 15 is 0 Å². The first-order valence-electron chi connectivity index (χ1n) is 5.72. The summed E-state index contributed by atoms with van der Waals surface area (Å²) in [6.45, 7) is 2.51. The Morgan fingerprint density at radius 2 is 2.00 bits per heavy atom. The Morgan fingerprint density at radius 1 is 1.33 bits per heavy atom. The van der Waals surface area contributed by atoms with Gasteiger partial charge in [-0.05, 0) is 37.2 Å². The molecule has 1 fully saturated rings. The number of hydrogen-bond donors (Lipinski definition) is 1. The van der Waals surface area contributed by atoms with Crippen LogP contribution in [0.5, 0.6) is 0 Å². The summed E-state index contributed by atoms with van der Waals surface area (Å²) in [5.41, 5.74) is 5.57. The summed E-state index contributed by atoms with van der Waals surface area (Å²) >= 11 is 5.56. The van der Waals surface area contributed by atoms with Crippen molar-refractivity contribution in [1.29, 1.82) is 0 Å². The lowest BCUT2D eigenvalue weighted by molar-refractivity contribution is -0.137. The third kappa shape index (κ3) is 2.96. The van der Waals surface area contributed by atoms with E-state index in [1.54, 1.807) is 6.07 Å². The Balaban J connectivity index is 2.17. The van der Waals surface area contributed by atoms with Crippen molar-refractivity contribution in [3.8, 4) is 0 Å². The van der Waals surface area contributed by atoms with Crippen LogP contribution in [0.4, 0.5) is 13.2 Å². The molecular weight excluding hydrogens is 265 g/mol. The Hall–Kier alpha value is -0.780. The van der Waals surface area contributed by atoms with Gasteiger partial charge in [-0.2, -0.15) is 13.2 Å². The average molecular weight is 279 g/mol. The lowest BCUT2D eigenvalue weighted by atomic mass is 10.0. The van der Waals surface area contributed by atoms with Crippen LogP contribution in [0.25, 0.3) is 0 Å². The molecule has 1 atom stereocenters. The average Bonchev–Trinajstić information content (AvgIpc) is 2.22. The van der Waals surface area contributed by atoms with E-state index < -0.39 is 17.8 Å². The fraction of sp³-hybridized carbons (Fsp3) is 0.500. The van der Waals surface area contributed by atoms with Gasteiger partial charge < -0.3 is 10.6 Å². The number of nitrogens with two attached hydrogens (primary N) is 1. The van der Waals surface area contributed by atoms with Crippen LogP contribution in [-0.2, 0) is 6.18 Å². The maximum atomic E-state index is 12.7. The SMILES string of the molecule is N[C@@H](CN1CCC1)c1ccc(Cl)c(C(F)(F)F)c1. The fourth-order valence-corrected chi connectivity index (χ4v) is 2.16. The molecule has 18 heavy (non-hydrogen) atoms. The van der Waals surface area contributed by atoms with Gasteiger partial charge in [0.2, 0.25) is 0 Å². The summed E-state index contributed by atoms with van der Waals surface area (Å²) in [4.78, 5) is 2.12. The quantitative estimate of drug-likeness (QED) is 0.921. The molecular formula is C12H14ClF3N2. The second-order valence-electron chi connectivity index (χ2n) is 4.50. The van der Waals surface area contributed by atoms with E-state index in [0.29, 0.717) is 12.1 Å². The van der Waals surface area contributed by atoms with Gasteiger partial charge in [0, 0.05) is 12.6 Å². The molecule has 1 heterocycles. The Morgan fingerprint density at radius 3 is 2.50 bits per heavy atom. The van der Waals surface area contributed by atoms with Crippen LogP contribution in [0.3, 0.4) is 0 Å². The number of rotatable bonds is 3. The molecule has 0 aliphatic carbocycles. The highest BCUT2D eigenvalue weighted by molar-refractivity contribution is 6.31. The van der Waals surface area contributed by atoms with Crippen LogP contribution in [-0.4, -0.2) is 24.5 Å². The minimum atomic E-state index is -4.44. The lowest BCUT2D eigenvalue weighted by Gasteiger charge is -2.33. The molecule has 0 spiro atoms. The van der Waals surface area contributed by atoms with Crippen molar-refractivity contribution < 1.29 is 13.2 Å². The van der Waals surface area contributed by atoms with Crippen molar-refractivity contribution >= 4 is 11.6 Å². The van der Waals surface area contributed by atoms with Gasteiger partial charge >= 0.3 is 6.18 Å². The summed E-state index contributed by atoms with van der Waals surface area (Å²) < 4.78 is 38.1. The summed E-state index contributed by atoms with van der Waals surface area (Å²) in [5, 5.41) is -0.289. The maximum Gasteiger partial charge on any atom is 0.417 e. The van der Waals surface area contributed by atoms with Crippen molar-refractivity contribution in [2.75, 3.05) is 19.6 Å². The Kier molecular flexibility index (Phi) is 3.84. The van der Waals surface area contributed by atoms with Crippen LogP contribution < -0.4 is 5.73 Å². The smallest absolute Gasteiger partial charge is 0.323 e. The molecule has 100 valence electrons. The second kappa shape index (κ2) is 5.07. The van der Waals surface area contributed by atoms with E-state index in [1.807, 2.05) is 0 Å². The molecule has 2 rings (SSSR count). The second-order valence-corrected chi connectivity index (χ2v) is 4.90. The molecule has 0 unspecified atom stereocenters. The van der Waals surface area contributed by atoms with E-state index in [9.17, 15) is 13.2 Å². The molecule has 1 aliphatic rings. The van der Waals surface area contributed by atoms with E-state index in [2.05, 4.69) is 4.90 Å². The Bertz CT molecular complexity index is 430. The largest absolute Gasteiger partial charge is 0.417 e. The number of hydrogen-bond acceptors (Lipinski definition) is 2. The zero-order chi connectivity index (χ0) is 13.3. The molecule has 0 aromatic heterocycles. The van der Waals surface area contributed by atoms with Crippen molar-refractivity contribution in [3.05, 3.63) is 34.3 Å². The normalized spacial score (nSPS) is 18.5. The van der Waals surface area contributed by atoms with Gasteiger partial charge in [0.1, 0.15) is 0 Å². The minimum absolute atomic E-state index is 0.289. The highest BCUT2D eigenvalue weighted by atomic mass is 35.5. The molecule has 2 nitrogen and oxygen atoms in total. The van der Waals surface area contributed by atoms with E-state index in [-0.39, 0.29) is 5.02 Å². The van der Waals surface area contributed by atoms with Gasteiger partial charge in [0.25, 0.3) is 0 Å². The highest BCUT2D eigenvalue weighted by Crippen LogP contribution is 2.36. The summed E-state index contributed by atoms with van der Waals surface area (Å²) in [7, 11) is 0. The van der Waals surface area contributed by atoms with Crippen molar-refractivity contribution in [2.45, 2.75) is 18.6 Å². The number of alkyl halides is 3. The molecule has 0 bridgehead atoms. The third-order valence-electron chi connectivity index (χ3n) is 3.13. The van der Waals surface area contributed by atoms with Crippen LogP contribution in [0, 0.1) is 0 Å². The monoisotopic (exact) mass is 278 g/mol. The lowest BCUT2D eigenvalue weighted by Crippen LogP contribution is -2.41. The van der Waals surface area contributed by atoms with Crippen LogP contribution in [0.2, 0.25) is 5.02 Å². The molecule has 0 amide bonds. The fourth-order valence-electron chi connectivity index (χ4n) is 1.94. The van der Waals surface area contributed by atoms with Gasteiger partial charge in [-0.1, -0.05) is 17.7 Å². The van der Waals surface area contributed by atoms with Crippen LogP contribution in [0.15, 0.2) is 18.2 Å². The zero-order valence-corrected chi connectivity index (χ0v) is 10.4. The minimum Gasteiger partial charge on any atom is -0.323 e. The molecule has 6 heteroatoms. The van der Waals surface area contributed by atoms with Gasteiger partial charge in [-0.3, -0.25) is 0 Å². The molecule has 0 saturated carbocycles. The number of likely N-dealkylation sites (tertiary alicyclic amines) is 1. The van der Waals surface area contributed by atoms with Gasteiger partial charge in [0.15, 0.2) is 0 Å². The summed E-state index contributed by atoms with van der Waals surface area (Å²) in [6.07, 6.45) is -3.31. The van der Waals surface area contributed by atoms with Gasteiger partial charge in [0.05, 0.1) is 10.6 Å². The highest BCUT2D eigenvalue weighted by Gasteiger charge is 2.33.